The van der Waals surface area contributed by atoms with Crippen LogP contribution >= 0.6 is 0 Å². The molecule has 0 bridgehead atoms. The summed E-state index contributed by atoms with van der Waals surface area (Å²) < 4.78 is 18.6. The van der Waals surface area contributed by atoms with Gasteiger partial charge in [0, 0.05) is 7.11 Å². The van der Waals surface area contributed by atoms with Gasteiger partial charge >= 0.3 is 20.0 Å². The van der Waals surface area contributed by atoms with E-state index in [2.05, 4.69) is 21.5 Å². The van der Waals surface area contributed by atoms with Crippen LogP contribution in [-0.4, -0.2) is 12.1 Å². The number of methoxy groups -OCH3 is 1. The van der Waals surface area contributed by atoms with E-state index in [1.54, 1.807) is 13.3 Å². The molecule has 0 N–H and O–H groups in total. The molecule has 0 radical (unpaired) electrons. The van der Waals surface area contributed by atoms with Gasteiger partial charge in [0.05, 0.1) is 6.20 Å². The molecule has 0 spiro atoms. The van der Waals surface area contributed by atoms with Gasteiger partial charge in [0.2, 0.25) is 5.89 Å². The van der Waals surface area contributed by atoms with E-state index in [0.29, 0.717) is 12.5 Å². The van der Waals surface area contributed by atoms with Crippen LogP contribution < -0.4 is 0 Å². The van der Waals surface area contributed by atoms with Crippen molar-refractivity contribution in [2.24, 2.45) is 0 Å². The van der Waals surface area contributed by atoms with Gasteiger partial charge in [-0.3, -0.25) is 0 Å². The molecule has 0 unspecified atom stereocenters. The first kappa shape index (κ1) is 9.62. The van der Waals surface area contributed by atoms with Crippen LogP contribution in [0.1, 0.15) is 5.89 Å². The summed E-state index contributed by atoms with van der Waals surface area (Å²) in [5.74, 6) is 0.618. The maximum atomic E-state index is 9.06. The third-order valence-corrected chi connectivity index (χ3v) is 0.751. The minimum atomic E-state index is 0.451. The van der Waals surface area contributed by atoms with Crippen molar-refractivity contribution >= 4 is 0 Å². The molecule has 1 aromatic heterocycles. The number of oxazole rings is 1. The molecule has 0 aliphatic carbocycles. The van der Waals surface area contributed by atoms with Gasteiger partial charge in [-0.1, -0.05) is 0 Å². The monoisotopic (exact) mass is 195 g/mol. The predicted octanol–water partition coefficient (Wildman–Crippen LogP) is 1.24. The van der Waals surface area contributed by atoms with Crippen molar-refractivity contribution in [2.45, 2.75) is 6.61 Å². The normalized spacial score (nSPS) is 8.40. The number of nitrogens with zero attached hydrogens (tertiary/aromatic N) is 1. The van der Waals surface area contributed by atoms with Crippen molar-refractivity contribution in [1.29, 1.82) is 0 Å². The third-order valence-electron chi connectivity index (χ3n) is 0.751. The fourth-order valence-electron chi connectivity index (χ4n) is 0.448. The average Bonchev–Trinajstić information content (AvgIpc) is 2.46. The van der Waals surface area contributed by atoms with Crippen LogP contribution in [0.5, 0.6) is 0 Å². The molecule has 10 heavy (non-hydrogen) atoms. The Bertz CT molecular complexity index is 145. The standard InChI is InChI=1S/C5H7NO2.Cu.FH/c1-7-4-5-6-2-3-8-5;;/h2-3H,4H2,1H3;;1H/q;+1;/p-1. The van der Waals surface area contributed by atoms with Gasteiger partial charge in [0.25, 0.3) is 0 Å². The summed E-state index contributed by atoms with van der Waals surface area (Å²) in [5, 5.41) is 0. The Morgan fingerprint density at radius 1 is 1.80 bits per heavy atom. The second-order valence-electron chi connectivity index (χ2n) is 1.36. The summed E-state index contributed by atoms with van der Waals surface area (Å²) in [4.78, 5) is 3.81. The van der Waals surface area contributed by atoms with Crippen LogP contribution in [-0.2, 0) is 27.8 Å². The van der Waals surface area contributed by atoms with Crippen LogP contribution in [0.4, 0.5) is 3.55 Å². The molecule has 0 aliphatic rings. The predicted molar refractivity (Wildman–Crippen MR) is 28.3 cm³/mol. The fraction of sp³-hybridized carbons (Fsp3) is 0.400. The molecule has 0 amide bonds. The summed E-state index contributed by atoms with van der Waals surface area (Å²) in [7, 11) is 1.60. The van der Waals surface area contributed by atoms with E-state index in [9.17, 15) is 0 Å². The van der Waals surface area contributed by atoms with Crippen LogP contribution in [0.25, 0.3) is 0 Å². The Morgan fingerprint density at radius 2 is 2.50 bits per heavy atom. The summed E-state index contributed by atoms with van der Waals surface area (Å²) in [5.41, 5.74) is 0. The van der Waals surface area contributed by atoms with Gasteiger partial charge in [0.1, 0.15) is 12.9 Å². The maximum absolute atomic E-state index is 9.06. The molecule has 1 heterocycles. The number of ether oxygens (including phenoxy) is 1. The Balaban J connectivity index is 0.000000371. The van der Waals surface area contributed by atoms with Crippen LogP contribution in [0.3, 0.4) is 0 Å². The second kappa shape index (κ2) is 6.74. The number of aromatic nitrogens is 1. The first-order valence-corrected chi connectivity index (χ1v) is 2.78. The van der Waals surface area contributed by atoms with Crippen molar-refractivity contribution in [3.05, 3.63) is 18.4 Å². The second-order valence-corrected chi connectivity index (χ2v) is 1.36. The van der Waals surface area contributed by atoms with Gasteiger partial charge < -0.3 is 9.15 Å². The summed E-state index contributed by atoms with van der Waals surface area (Å²) in [6.45, 7) is 0.451. The number of hydrogen-bond donors (Lipinski definition) is 0. The molecule has 0 aliphatic heterocycles. The number of halogens is 1. The topological polar surface area (TPSA) is 35.3 Å². The van der Waals surface area contributed by atoms with Crippen LogP contribution in [0, 0.1) is 0 Å². The zero-order valence-corrected chi connectivity index (χ0v) is 6.25. The molecule has 1 aromatic rings. The van der Waals surface area contributed by atoms with Gasteiger partial charge in [-0.2, -0.15) is 0 Å². The van der Waals surface area contributed by atoms with Crippen molar-refractivity contribution in [3.8, 4) is 0 Å². The Kier molecular flexibility index (Phi) is 6.48. The molecule has 0 aromatic carbocycles. The molecule has 5 heteroatoms. The first-order chi connectivity index (χ1) is 4.93. The van der Waals surface area contributed by atoms with Crippen molar-refractivity contribution < 1.29 is 29.2 Å². The molecule has 0 saturated carbocycles. The van der Waals surface area contributed by atoms with E-state index >= 15 is 0 Å². The summed E-state index contributed by atoms with van der Waals surface area (Å²) >= 11 is 2.69. The van der Waals surface area contributed by atoms with E-state index in [1.807, 2.05) is 0 Å². The number of hydrogen-bond acceptors (Lipinski definition) is 3. The fourth-order valence-corrected chi connectivity index (χ4v) is 0.448. The molecule has 3 nitrogen and oxygen atoms in total. The van der Waals surface area contributed by atoms with Crippen molar-refractivity contribution in [2.75, 3.05) is 7.11 Å². The van der Waals surface area contributed by atoms with Crippen molar-refractivity contribution in [3.63, 3.8) is 0 Å². The Labute approximate surface area is 66.9 Å². The van der Waals surface area contributed by atoms with E-state index in [1.165, 1.54) is 6.26 Å². The molecule has 62 valence electrons. The van der Waals surface area contributed by atoms with Gasteiger partial charge in [-0.25, -0.2) is 4.98 Å². The summed E-state index contributed by atoms with van der Waals surface area (Å²) in [6, 6.07) is 0. The van der Waals surface area contributed by atoms with E-state index < -0.39 is 0 Å². The van der Waals surface area contributed by atoms with Gasteiger partial charge in [-0.05, 0) is 0 Å². The van der Waals surface area contributed by atoms with Crippen molar-refractivity contribution in [1.82, 2.24) is 4.98 Å². The van der Waals surface area contributed by atoms with Gasteiger partial charge in [0.15, 0.2) is 0 Å². The van der Waals surface area contributed by atoms with E-state index in [0.717, 1.165) is 0 Å². The Hall–Kier alpha value is -0.381. The average molecular weight is 196 g/mol. The molecule has 0 saturated heterocycles. The molecular formula is C5H7CuFNO2. The third kappa shape index (κ3) is 3.61. The number of rotatable bonds is 2. The first-order valence-electron chi connectivity index (χ1n) is 2.42. The molecule has 1 rings (SSSR count). The van der Waals surface area contributed by atoms with E-state index in [-0.39, 0.29) is 0 Å². The zero-order chi connectivity index (χ0) is 7.82. The summed E-state index contributed by atoms with van der Waals surface area (Å²) in [6.07, 6.45) is 3.11. The van der Waals surface area contributed by atoms with E-state index in [4.69, 9.17) is 12.7 Å². The molecule has 0 fully saturated rings. The van der Waals surface area contributed by atoms with Gasteiger partial charge in [-0.15, -0.1) is 0 Å². The SMILES string of the molecule is COCc1ncco1.[F][Cu]. The van der Waals surface area contributed by atoms with Crippen LogP contribution in [0.15, 0.2) is 16.9 Å². The zero-order valence-electron chi connectivity index (χ0n) is 5.30. The van der Waals surface area contributed by atoms with Crippen LogP contribution in [0.2, 0.25) is 0 Å². The minimum absolute atomic E-state index is 0.451. The molecule has 0 atom stereocenters. The quantitative estimate of drug-likeness (QED) is 0.667. The molecular weight excluding hydrogens is 189 g/mol. The Morgan fingerprint density at radius 3 is 2.90 bits per heavy atom.